The van der Waals surface area contributed by atoms with Gasteiger partial charge in [-0.1, -0.05) is 32.0 Å². The zero-order chi connectivity index (χ0) is 18.2. The number of ether oxygens (including phenoxy) is 1. The number of benzene rings is 2. The molecular formula is C19H21BrN2O2S. The summed E-state index contributed by atoms with van der Waals surface area (Å²) in [6.45, 7) is 4.95. The third kappa shape index (κ3) is 6.48. The highest BCUT2D eigenvalue weighted by atomic mass is 79.9. The largest absolute Gasteiger partial charge is 0.492 e. The maximum atomic E-state index is 12.3. The van der Waals surface area contributed by atoms with E-state index in [1.165, 1.54) is 0 Å². The number of anilines is 1. The number of hydrogen-bond donors (Lipinski definition) is 2. The van der Waals surface area contributed by atoms with E-state index >= 15 is 0 Å². The maximum absolute atomic E-state index is 12.3. The molecule has 0 fully saturated rings. The predicted molar refractivity (Wildman–Crippen MR) is 109 cm³/mol. The number of nitrogens with one attached hydrogen (secondary N) is 2. The minimum Gasteiger partial charge on any atom is -0.492 e. The Morgan fingerprint density at radius 1 is 1.20 bits per heavy atom. The van der Waals surface area contributed by atoms with Gasteiger partial charge < -0.3 is 10.1 Å². The van der Waals surface area contributed by atoms with Gasteiger partial charge in [-0.2, -0.15) is 0 Å². The van der Waals surface area contributed by atoms with Gasteiger partial charge >= 0.3 is 0 Å². The van der Waals surface area contributed by atoms with Crippen molar-refractivity contribution in [2.24, 2.45) is 5.92 Å². The van der Waals surface area contributed by atoms with Crippen molar-refractivity contribution in [3.63, 3.8) is 0 Å². The lowest BCUT2D eigenvalue weighted by atomic mass is 10.1. The molecule has 0 aromatic heterocycles. The Labute approximate surface area is 162 Å². The van der Waals surface area contributed by atoms with Crippen LogP contribution in [0.3, 0.4) is 0 Å². The van der Waals surface area contributed by atoms with Gasteiger partial charge in [0.2, 0.25) is 0 Å². The molecule has 4 nitrogen and oxygen atoms in total. The van der Waals surface area contributed by atoms with Gasteiger partial charge in [0.1, 0.15) is 5.75 Å². The molecule has 0 aliphatic carbocycles. The first kappa shape index (κ1) is 19.4. The fraction of sp³-hybridized carbons (Fsp3) is 0.263. The number of rotatable bonds is 6. The van der Waals surface area contributed by atoms with E-state index in [2.05, 4.69) is 40.4 Å². The maximum Gasteiger partial charge on any atom is 0.257 e. The van der Waals surface area contributed by atoms with Crippen LogP contribution >= 0.6 is 28.1 Å². The van der Waals surface area contributed by atoms with Gasteiger partial charge in [-0.05, 0) is 70.8 Å². The molecule has 0 atom stereocenters. The van der Waals surface area contributed by atoms with Gasteiger partial charge in [0.05, 0.1) is 11.1 Å². The minimum absolute atomic E-state index is 0.254. The van der Waals surface area contributed by atoms with Crippen LogP contribution in [0.2, 0.25) is 0 Å². The molecule has 0 bridgehead atoms. The first-order chi connectivity index (χ1) is 12.0. The normalized spacial score (nSPS) is 10.4. The molecule has 132 valence electrons. The van der Waals surface area contributed by atoms with Gasteiger partial charge in [-0.15, -0.1) is 0 Å². The summed E-state index contributed by atoms with van der Waals surface area (Å²) >= 11 is 8.62. The lowest BCUT2D eigenvalue weighted by Crippen LogP contribution is -2.34. The van der Waals surface area contributed by atoms with E-state index < -0.39 is 0 Å². The molecule has 0 aliphatic rings. The third-order valence-corrected chi connectivity index (χ3v) is 4.23. The first-order valence-electron chi connectivity index (χ1n) is 8.05. The summed E-state index contributed by atoms with van der Waals surface area (Å²) in [5, 5.41) is 5.89. The molecule has 0 radical (unpaired) electrons. The lowest BCUT2D eigenvalue weighted by molar-refractivity contribution is 0.0977. The van der Waals surface area contributed by atoms with Crippen molar-refractivity contribution in [1.29, 1.82) is 0 Å². The van der Waals surface area contributed by atoms with Gasteiger partial charge in [-0.25, -0.2) is 0 Å². The quantitative estimate of drug-likeness (QED) is 0.645. The average Bonchev–Trinajstić information content (AvgIpc) is 2.56. The molecule has 0 saturated carbocycles. The van der Waals surface area contributed by atoms with E-state index in [-0.39, 0.29) is 11.0 Å². The van der Waals surface area contributed by atoms with Crippen molar-refractivity contribution >= 4 is 44.9 Å². The zero-order valence-electron chi connectivity index (χ0n) is 14.2. The highest BCUT2D eigenvalue weighted by Crippen LogP contribution is 2.26. The van der Waals surface area contributed by atoms with Crippen LogP contribution in [0.4, 0.5) is 5.69 Å². The Morgan fingerprint density at radius 3 is 2.56 bits per heavy atom. The summed E-state index contributed by atoms with van der Waals surface area (Å²) in [7, 11) is 0. The SMILES string of the molecule is CC(C)CCOc1ccc(C(=O)NC(=S)Nc2ccccc2)cc1Br. The highest BCUT2D eigenvalue weighted by molar-refractivity contribution is 9.10. The molecule has 6 heteroatoms. The summed E-state index contributed by atoms with van der Waals surface area (Å²) in [6.07, 6.45) is 0.980. The molecule has 0 heterocycles. The number of carbonyl (C=O) groups is 1. The Hall–Kier alpha value is -1.92. The van der Waals surface area contributed by atoms with Gasteiger partial charge in [0, 0.05) is 11.3 Å². The molecular weight excluding hydrogens is 400 g/mol. The number of thiocarbonyl (C=S) groups is 1. The average molecular weight is 421 g/mol. The van der Waals surface area contributed by atoms with Crippen LogP contribution in [-0.4, -0.2) is 17.6 Å². The fourth-order valence-corrected chi connectivity index (χ4v) is 2.73. The molecule has 2 rings (SSSR count). The molecule has 2 aromatic carbocycles. The zero-order valence-corrected chi connectivity index (χ0v) is 16.6. The van der Waals surface area contributed by atoms with E-state index in [4.69, 9.17) is 17.0 Å². The Kier molecular flexibility index (Phi) is 7.40. The summed E-state index contributed by atoms with van der Waals surface area (Å²) in [5.41, 5.74) is 1.32. The molecule has 0 spiro atoms. The van der Waals surface area contributed by atoms with Crippen LogP contribution < -0.4 is 15.4 Å². The summed E-state index contributed by atoms with van der Waals surface area (Å²) in [6, 6.07) is 14.7. The standard InChI is InChI=1S/C19H21BrN2O2S/c1-13(2)10-11-24-17-9-8-14(12-16(17)20)18(23)22-19(25)21-15-6-4-3-5-7-15/h3-9,12-13H,10-11H2,1-2H3,(H2,21,22,23,25). The van der Waals surface area contributed by atoms with E-state index in [9.17, 15) is 4.79 Å². The van der Waals surface area contributed by atoms with E-state index in [1.54, 1.807) is 18.2 Å². The lowest BCUT2D eigenvalue weighted by Gasteiger charge is -2.12. The van der Waals surface area contributed by atoms with Gasteiger partial charge in [-0.3, -0.25) is 10.1 Å². The topological polar surface area (TPSA) is 50.4 Å². The van der Waals surface area contributed by atoms with Crippen molar-refractivity contribution in [3.05, 3.63) is 58.6 Å². The van der Waals surface area contributed by atoms with Crippen molar-refractivity contribution in [2.75, 3.05) is 11.9 Å². The van der Waals surface area contributed by atoms with Crippen LogP contribution in [0, 0.1) is 5.92 Å². The van der Waals surface area contributed by atoms with Crippen LogP contribution in [0.5, 0.6) is 5.75 Å². The summed E-state index contributed by atoms with van der Waals surface area (Å²) in [5.74, 6) is 1.03. The van der Waals surface area contributed by atoms with Crippen LogP contribution in [0.15, 0.2) is 53.0 Å². The highest BCUT2D eigenvalue weighted by Gasteiger charge is 2.11. The smallest absolute Gasteiger partial charge is 0.257 e. The monoisotopic (exact) mass is 420 g/mol. The van der Waals surface area contributed by atoms with Crippen molar-refractivity contribution in [1.82, 2.24) is 5.32 Å². The molecule has 2 aromatic rings. The molecule has 0 unspecified atom stereocenters. The number of para-hydroxylation sites is 1. The minimum atomic E-state index is -0.275. The van der Waals surface area contributed by atoms with Crippen molar-refractivity contribution in [3.8, 4) is 5.75 Å². The van der Waals surface area contributed by atoms with Crippen LogP contribution in [0.25, 0.3) is 0 Å². The fourth-order valence-electron chi connectivity index (χ4n) is 2.02. The van der Waals surface area contributed by atoms with E-state index in [0.29, 0.717) is 18.1 Å². The third-order valence-electron chi connectivity index (χ3n) is 3.41. The number of hydrogen-bond acceptors (Lipinski definition) is 3. The van der Waals surface area contributed by atoms with Crippen molar-refractivity contribution in [2.45, 2.75) is 20.3 Å². The van der Waals surface area contributed by atoms with E-state index in [1.807, 2.05) is 30.3 Å². The van der Waals surface area contributed by atoms with Gasteiger partial charge in [0.25, 0.3) is 5.91 Å². The van der Waals surface area contributed by atoms with Crippen LogP contribution in [0.1, 0.15) is 30.6 Å². The first-order valence-corrected chi connectivity index (χ1v) is 9.25. The molecule has 0 saturated heterocycles. The summed E-state index contributed by atoms with van der Waals surface area (Å²) < 4.78 is 6.47. The molecule has 0 aliphatic heterocycles. The molecule has 1 amide bonds. The molecule has 25 heavy (non-hydrogen) atoms. The number of carbonyl (C=O) groups excluding carboxylic acids is 1. The second kappa shape index (κ2) is 9.53. The second-order valence-corrected chi connectivity index (χ2v) is 7.21. The van der Waals surface area contributed by atoms with Crippen LogP contribution in [-0.2, 0) is 0 Å². The second-order valence-electron chi connectivity index (χ2n) is 5.95. The predicted octanol–water partition coefficient (Wildman–Crippen LogP) is 5.00. The summed E-state index contributed by atoms with van der Waals surface area (Å²) in [4.78, 5) is 12.3. The van der Waals surface area contributed by atoms with E-state index in [0.717, 1.165) is 22.3 Å². The number of amides is 1. The van der Waals surface area contributed by atoms with Gasteiger partial charge in [0.15, 0.2) is 5.11 Å². The Bertz CT molecular complexity index is 735. The number of halogens is 1. The van der Waals surface area contributed by atoms with Crippen molar-refractivity contribution < 1.29 is 9.53 Å². The Balaban J connectivity index is 1.93. The molecule has 2 N–H and O–H groups in total. The Morgan fingerprint density at radius 2 is 1.92 bits per heavy atom.